The van der Waals surface area contributed by atoms with Crippen LogP contribution in [0.2, 0.25) is 0 Å². The van der Waals surface area contributed by atoms with E-state index in [1.165, 1.54) is 32.1 Å². The summed E-state index contributed by atoms with van der Waals surface area (Å²) in [5.74, 6) is 7.34. The lowest BCUT2D eigenvalue weighted by molar-refractivity contribution is 0.0941. The van der Waals surface area contributed by atoms with Gasteiger partial charge in [-0.05, 0) is 43.7 Å². The van der Waals surface area contributed by atoms with Crippen molar-refractivity contribution in [1.82, 2.24) is 10.3 Å². The number of nitrogens with zero attached hydrogens (tertiary/aromatic N) is 1. The molecule has 1 heterocycles. The monoisotopic (exact) mass is 290 g/mol. The van der Waals surface area contributed by atoms with E-state index in [2.05, 4.69) is 22.7 Å². The number of pyridine rings is 1. The van der Waals surface area contributed by atoms with Crippen molar-refractivity contribution in [2.24, 2.45) is 17.7 Å². The van der Waals surface area contributed by atoms with Gasteiger partial charge in [-0.2, -0.15) is 0 Å². The quantitative estimate of drug-likeness (QED) is 0.575. The minimum atomic E-state index is -0.0467. The molecule has 0 saturated heterocycles. The summed E-state index contributed by atoms with van der Waals surface area (Å²) >= 11 is 0. The van der Waals surface area contributed by atoms with Crippen molar-refractivity contribution in [1.29, 1.82) is 0 Å². The largest absolute Gasteiger partial charge is 0.352 e. The maximum absolute atomic E-state index is 12.2. The standard InChI is InChI=1S/C16H26N4O/c1-3-12-4-6-13(7-5-12)10-18-16(21)14-8-11(2)19-15(9-14)20-17/h8-9,12-13H,3-7,10,17H2,1-2H3,(H,18,21)(H,19,20). The van der Waals surface area contributed by atoms with Gasteiger partial charge in [-0.3, -0.25) is 4.79 Å². The van der Waals surface area contributed by atoms with Crippen molar-refractivity contribution in [2.45, 2.75) is 46.0 Å². The van der Waals surface area contributed by atoms with Crippen molar-refractivity contribution in [3.05, 3.63) is 23.4 Å². The van der Waals surface area contributed by atoms with Gasteiger partial charge < -0.3 is 10.7 Å². The molecule has 5 heteroatoms. The Morgan fingerprint density at radius 2 is 1.95 bits per heavy atom. The molecule has 1 aromatic heterocycles. The average Bonchev–Trinajstić information content (AvgIpc) is 2.52. The third-order valence-corrected chi connectivity index (χ3v) is 4.46. The van der Waals surface area contributed by atoms with Gasteiger partial charge in [0.1, 0.15) is 5.82 Å². The van der Waals surface area contributed by atoms with Gasteiger partial charge >= 0.3 is 0 Å². The lowest BCUT2D eigenvalue weighted by Gasteiger charge is -2.27. The van der Waals surface area contributed by atoms with Crippen LogP contribution in [-0.2, 0) is 0 Å². The smallest absolute Gasteiger partial charge is 0.251 e. The summed E-state index contributed by atoms with van der Waals surface area (Å²) in [6, 6.07) is 3.46. The van der Waals surface area contributed by atoms with E-state index in [9.17, 15) is 4.79 Å². The highest BCUT2D eigenvalue weighted by Crippen LogP contribution is 2.30. The normalized spacial score (nSPS) is 21.9. The molecule has 0 aromatic carbocycles. The number of rotatable bonds is 5. The molecule has 2 rings (SSSR count). The Hall–Kier alpha value is -1.62. The molecule has 1 aromatic rings. The van der Waals surface area contributed by atoms with Gasteiger partial charge in [0.15, 0.2) is 0 Å². The Morgan fingerprint density at radius 1 is 1.29 bits per heavy atom. The molecule has 0 aliphatic heterocycles. The number of carbonyl (C=O) groups excluding carboxylic acids is 1. The van der Waals surface area contributed by atoms with E-state index in [0.717, 1.165) is 18.2 Å². The second-order valence-corrected chi connectivity index (χ2v) is 6.03. The topological polar surface area (TPSA) is 80.0 Å². The highest BCUT2D eigenvalue weighted by molar-refractivity contribution is 5.94. The summed E-state index contributed by atoms with van der Waals surface area (Å²) in [6.07, 6.45) is 6.33. The molecule has 1 saturated carbocycles. The van der Waals surface area contributed by atoms with Gasteiger partial charge in [-0.25, -0.2) is 10.8 Å². The Labute approximate surface area is 126 Å². The molecule has 0 radical (unpaired) electrons. The number of aromatic nitrogens is 1. The predicted molar refractivity (Wildman–Crippen MR) is 84.9 cm³/mol. The highest BCUT2D eigenvalue weighted by Gasteiger charge is 2.20. The van der Waals surface area contributed by atoms with Crippen molar-refractivity contribution >= 4 is 11.7 Å². The minimum absolute atomic E-state index is 0.0467. The molecule has 0 atom stereocenters. The number of amides is 1. The van der Waals surface area contributed by atoms with Crippen LogP contribution in [0.1, 0.15) is 55.1 Å². The molecule has 116 valence electrons. The maximum atomic E-state index is 12.2. The van der Waals surface area contributed by atoms with Gasteiger partial charge in [0.25, 0.3) is 5.91 Å². The first-order valence-electron chi connectivity index (χ1n) is 7.85. The fraction of sp³-hybridized carbons (Fsp3) is 0.625. The number of hydrazine groups is 1. The maximum Gasteiger partial charge on any atom is 0.251 e. The number of nitrogen functional groups attached to an aromatic ring is 1. The molecule has 0 spiro atoms. The number of hydrogen-bond acceptors (Lipinski definition) is 4. The zero-order valence-corrected chi connectivity index (χ0v) is 13.0. The van der Waals surface area contributed by atoms with Crippen molar-refractivity contribution in [3.63, 3.8) is 0 Å². The summed E-state index contributed by atoms with van der Waals surface area (Å²) < 4.78 is 0. The van der Waals surface area contributed by atoms with E-state index in [1.807, 2.05) is 6.92 Å². The highest BCUT2D eigenvalue weighted by atomic mass is 16.1. The third kappa shape index (κ3) is 4.43. The Bertz CT molecular complexity index is 481. The van der Waals surface area contributed by atoms with Crippen LogP contribution in [0.4, 0.5) is 5.82 Å². The number of aryl methyl sites for hydroxylation is 1. The van der Waals surface area contributed by atoms with Crippen LogP contribution in [0.3, 0.4) is 0 Å². The fourth-order valence-electron chi connectivity index (χ4n) is 3.06. The molecule has 21 heavy (non-hydrogen) atoms. The zero-order valence-electron chi connectivity index (χ0n) is 13.0. The van der Waals surface area contributed by atoms with E-state index < -0.39 is 0 Å². The van der Waals surface area contributed by atoms with Crippen LogP contribution in [0.5, 0.6) is 0 Å². The molecule has 5 nitrogen and oxygen atoms in total. The zero-order chi connectivity index (χ0) is 15.2. The average molecular weight is 290 g/mol. The molecular formula is C16H26N4O. The van der Waals surface area contributed by atoms with Crippen molar-refractivity contribution in [2.75, 3.05) is 12.0 Å². The fourth-order valence-corrected chi connectivity index (χ4v) is 3.06. The SMILES string of the molecule is CCC1CCC(CNC(=O)c2cc(C)nc(NN)c2)CC1. The Balaban J connectivity index is 1.86. The van der Waals surface area contributed by atoms with E-state index in [-0.39, 0.29) is 5.91 Å². The molecule has 1 aliphatic rings. The van der Waals surface area contributed by atoms with Crippen LogP contribution in [-0.4, -0.2) is 17.4 Å². The van der Waals surface area contributed by atoms with Crippen LogP contribution in [0, 0.1) is 18.8 Å². The first-order valence-corrected chi connectivity index (χ1v) is 7.85. The van der Waals surface area contributed by atoms with Gasteiger partial charge in [0, 0.05) is 17.8 Å². The van der Waals surface area contributed by atoms with Gasteiger partial charge in [0.05, 0.1) is 0 Å². The summed E-state index contributed by atoms with van der Waals surface area (Å²) in [6.45, 7) is 4.88. The number of hydrogen-bond donors (Lipinski definition) is 3. The molecule has 0 unspecified atom stereocenters. The second-order valence-electron chi connectivity index (χ2n) is 6.03. The van der Waals surface area contributed by atoms with Gasteiger partial charge in [-0.15, -0.1) is 0 Å². The van der Waals surface area contributed by atoms with Crippen LogP contribution in [0.15, 0.2) is 12.1 Å². The predicted octanol–water partition coefficient (Wildman–Crippen LogP) is 2.62. The number of nitrogens with two attached hydrogens (primary N) is 1. The second kappa shape index (κ2) is 7.41. The molecule has 4 N–H and O–H groups in total. The summed E-state index contributed by atoms with van der Waals surface area (Å²) in [5.41, 5.74) is 3.87. The molecule has 1 amide bonds. The third-order valence-electron chi connectivity index (χ3n) is 4.46. The van der Waals surface area contributed by atoms with Gasteiger partial charge in [0.2, 0.25) is 0 Å². The first-order chi connectivity index (χ1) is 10.1. The summed E-state index contributed by atoms with van der Waals surface area (Å²) in [5, 5.41) is 3.04. The van der Waals surface area contributed by atoms with E-state index in [0.29, 0.717) is 17.3 Å². The number of anilines is 1. The van der Waals surface area contributed by atoms with Crippen molar-refractivity contribution in [3.8, 4) is 0 Å². The molecule has 1 fully saturated rings. The van der Waals surface area contributed by atoms with Crippen LogP contribution in [0.25, 0.3) is 0 Å². The van der Waals surface area contributed by atoms with Crippen LogP contribution >= 0.6 is 0 Å². The van der Waals surface area contributed by atoms with E-state index in [4.69, 9.17) is 5.84 Å². The Kier molecular flexibility index (Phi) is 5.56. The lowest BCUT2D eigenvalue weighted by Crippen LogP contribution is -2.31. The van der Waals surface area contributed by atoms with Crippen molar-refractivity contribution < 1.29 is 4.79 Å². The summed E-state index contributed by atoms with van der Waals surface area (Å²) in [7, 11) is 0. The number of nitrogens with one attached hydrogen (secondary N) is 2. The number of carbonyl (C=O) groups is 1. The first kappa shape index (κ1) is 15.8. The lowest BCUT2D eigenvalue weighted by atomic mass is 9.81. The van der Waals surface area contributed by atoms with E-state index in [1.54, 1.807) is 12.1 Å². The summed E-state index contributed by atoms with van der Waals surface area (Å²) in [4.78, 5) is 16.4. The molecular weight excluding hydrogens is 264 g/mol. The molecule has 1 aliphatic carbocycles. The Morgan fingerprint density at radius 3 is 2.57 bits per heavy atom. The van der Waals surface area contributed by atoms with E-state index >= 15 is 0 Å². The minimum Gasteiger partial charge on any atom is -0.352 e. The molecule has 0 bridgehead atoms. The van der Waals surface area contributed by atoms with Gasteiger partial charge in [-0.1, -0.05) is 26.2 Å². The van der Waals surface area contributed by atoms with Crippen LogP contribution < -0.4 is 16.6 Å².